The quantitative estimate of drug-likeness (QED) is 0.604. The summed E-state index contributed by atoms with van der Waals surface area (Å²) in [5, 5.41) is 0. The van der Waals surface area contributed by atoms with Crippen LogP contribution in [-0.4, -0.2) is 4.98 Å². The van der Waals surface area contributed by atoms with Crippen molar-refractivity contribution in [2.75, 3.05) is 0 Å². The molecule has 2 heteroatoms. The van der Waals surface area contributed by atoms with E-state index in [9.17, 15) is 0 Å². The molecule has 0 N–H and O–H groups in total. The second-order valence-electron chi connectivity index (χ2n) is 3.11. The standard InChI is InChI=1S/C8H11NS/c1-5-3-7(5)8-6(2)10-4-9-8/h4-5,7H,3H2,1-2H3. The van der Waals surface area contributed by atoms with Crippen molar-refractivity contribution in [3.63, 3.8) is 0 Å². The summed E-state index contributed by atoms with van der Waals surface area (Å²) >= 11 is 1.76. The van der Waals surface area contributed by atoms with Crippen LogP contribution in [-0.2, 0) is 0 Å². The monoisotopic (exact) mass is 153 g/mol. The van der Waals surface area contributed by atoms with E-state index >= 15 is 0 Å². The molecule has 0 saturated heterocycles. The molecule has 0 bridgehead atoms. The van der Waals surface area contributed by atoms with Crippen molar-refractivity contribution in [1.82, 2.24) is 4.98 Å². The van der Waals surface area contributed by atoms with Gasteiger partial charge in [-0.2, -0.15) is 0 Å². The number of rotatable bonds is 1. The molecule has 54 valence electrons. The molecule has 0 amide bonds. The van der Waals surface area contributed by atoms with Crippen molar-refractivity contribution in [3.05, 3.63) is 16.1 Å². The fourth-order valence-electron chi connectivity index (χ4n) is 1.37. The predicted octanol–water partition coefficient (Wildman–Crippen LogP) is 2.57. The number of hydrogen-bond acceptors (Lipinski definition) is 2. The predicted molar refractivity (Wildman–Crippen MR) is 43.4 cm³/mol. The molecule has 0 aromatic carbocycles. The van der Waals surface area contributed by atoms with Gasteiger partial charge in [-0.15, -0.1) is 11.3 Å². The van der Waals surface area contributed by atoms with Crippen LogP contribution in [0, 0.1) is 12.8 Å². The van der Waals surface area contributed by atoms with E-state index in [0.29, 0.717) is 0 Å². The molecular formula is C8H11NS. The van der Waals surface area contributed by atoms with Gasteiger partial charge in [-0.05, 0) is 19.3 Å². The van der Waals surface area contributed by atoms with Crippen LogP contribution in [0.15, 0.2) is 5.51 Å². The lowest BCUT2D eigenvalue weighted by molar-refractivity contribution is 0.887. The highest BCUT2D eigenvalue weighted by Gasteiger charge is 2.36. The van der Waals surface area contributed by atoms with Crippen molar-refractivity contribution < 1.29 is 0 Å². The zero-order valence-corrected chi connectivity index (χ0v) is 7.11. The Morgan fingerprint density at radius 2 is 2.40 bits per heavy atom. The van der Waals surface area contributed by atoms with Gasteiger partial charge < -0.3 is 0 Å². The van der Waals surface area contributed by atoms with E-state index in [-0.39, 0.29) is 0 Å². The molecular weight excluding hydrogens is 142 g/mol. The molecule has 2 atom stereocenters. The summed E-state index contributed by atoms with van der Waals surface area (Å²) in [5.74, 6) is 1.69. The molecule has 1 aliphatic rings. The summed E-state index contributed by atoms with van der Waals surface area (Å²) in [6, 6.07) is 0. The topological polar surface area (TPSA) is 12.9 Å². The van der Waals surface area contributed by atoms with Gasteiger partial charge in [0.15, 0.2) is 0 Å². The third-order valence-corrected chi connectivity index (χ3v) is 3.02. The molecule has 0 radical (unpaired) electrons. The number of nitrogens with zero attached hydrogens (tertiary/aromatic N) is 1. The first kappa shape index (κ1) is 6.35. The molecule has 2 unspecified atom stereocenters. The fourth-order valence-corrected chi connectivity index (χ4v) is 2.02. The highest BCUT2D eigenvalue weighted by atomic mass is 32.1. The first-order valence-corrected chi connectivity index (χ1v) is 4.57. The summed E-state index contributed by atoms with van der Waals surface area (Å²) in [4.78, 5) is 5.76. The minimum absolute atomic E-state index is 0.797. The van der Waals surface area contributed by atoms with E-state index in [4.69, 9.17) is 0 Å². The maximum absolute atomic E-state index is 4.35. The third-order valence-electron chi connectivity index (χ3n) is 2.24. The van der Waals surface area contributed by atoms with E-state index in [1.54, 1.807) is 11.3 Å². The maximum atomic E-state index is 4.35. The van der Waals surface area contributed by atoms with Crippen molar-refractivity contribution in [1.29, 1.82) is 0 Å². The lowest BCUT2D eigenvalue weighted by atomic mass is 10.2. The largest absolute Gasteiger partial charge is 0.249 e. The first-order chi connectivity index (χ1) is 4.79. The number of aromatic nitrogens is 1. The van der Waals surface area contributed by atoms with Gasteiger partial charge in [0.2, 0.25) is 0 Å². The van der Waals surface area contributed by atoms with Gasteiger partial charge >= 0.3 is 0 Å². The van der Waals surface area contributed by atoms with Crippen molar-refractivity contribution in [2.24, 2.45) is 5.92 Å². The zero-order chi connectivity index (χ0) is 7.14. The molecule has 1 nitrogen and oxygen atoms in total. The summed E-state index contributed by atoms with van der Waals surface area (Å²) < 4.78 is 0. The Labute approximate surface area is 65.1 Å². The highest BCUT2D eigenvalue weighted by molar-refractivity contribution is 7.09. The molecule has 1 aromatic rings. The smallest absolute Gasteiger partial charge is 0.0797 e. The summed E-state index contributed by atoms with van der Waals surface area (Å²) in [6.45, 7) is 4.46. The SMILES string of the molecule is Cc1scnc1C1CC1C. The van der Waals surface area contributed by atoms with Gasteiger partial charge in [-0.3, -0.25) is 0 Å². The van der Waals surface area contributed by atoms with Crippen LogP contribution in [0.5, 0.6) is 0 Å². The summed E-state index contributed by atoms with van der Waals surface area (Å²) in [6.07, 6.45) is 1.35. The van der Waals surface area contributed by atoms with Gasteiger partial charge in [0.25, 0.3) is 0 Å². The van der Waals surface area contributed by atoms with Gasteiger partial charge in [-0.25, -0.2) is 4.98 Å². The van der Waals surface area contributed by atoms with E-state index in [2.05, 4.69) is 18.8 Å². The molecule has 2 rings (SSSR count). The Bertz CT molecular complexity index is 241. The highest BCUT2D eigenvalue weighted by Crippen LogP contribution is 2.47. The lowest BCUT2D eigenvalue weighted by Crippen LogP contribution is -1.82. The van der Waals surface area contributed by atoms with E-state index in [1.807, 2.05) is 5.51 Å². The van der Waals surface area contributed by atoms with Gasteiger partial charge in [0.1, 0.15) is 0 Å². The van der Waals surface area contributed by atoms with Crippen LogP contribution in [0.4, 0.5) is 0 Å². The van der Waals surface area contributed by atoms with Crippen LogP contribution in [0.25, 0.3) is 0 Å². The molecule has 1 heterocycles. The van der Waals surface area contributed by atoms with Gasteiger partial charge in [0.05, 0.1) is 11.2 Å². The fraction of sp³-hybridized carbons (Fsp3) is 0.625. The van der Waals surface area contributed by atoms with E-state index in [1.165, 1.54) is 17.0 Å². The second kappa shape index (κ2) is 2.06. The third kappa shape index (κ3) is 0.870. The molecule has 1 saturated carbocycles. The molecule has 1 aromatic heterocycles. The van der Waals surface area contributed by atoms with Crippen LogP contribution < -0.4 is 0 Å². The van der Waals surface area contributed by atoms with Crippen LogP contribution in [0.1, 0.15) is 29.8 Å². The van der Waals surface area contributed by atoms with Crippen molar-refractivity contribution >= 4 is 11.3 Å². The van der Waals surface area contributed by atoms with Crippen molar-refractivity contribution in [3.8, 4) is 0 Å². The van der Waals surface area contributed by atoms with Crippen molar-refractivity contribution in [2.45, 2.75) is 26.2 Å². The number of aryl methyl sites for hydroxylation is 1. The molecule has 1 aliphatic carbocycles. The van der Waals surface area contributed by atoms with Crippen LogP contribution >= 0.6 is 11.3 Å². The van der Waals surface area contributed by atoms with E-state index in [0.717, 1.165) is 11.8 Å². The maximum Gasteiger partial charge on any atom is 0.0797 e. The Morgan fingerprint density at radius 3 is 2.80 bits per heavy atom. The Morgan fingerprint density at radius 1 is 1.70 bits per heavy atom. The summed E-state index contributed by atoms with van der Waals surface area (Å²) in [7, 11) is 0. The van der Waals surface area contributed by atoms with Crippen LogP contribution in [0.3, 0.4) is 0 Å². The normalized spacial score (nSPS) is 30.6. The van der Waals surface area contributed by atoms with Crippen LogP contribution in [0.2, 0.25) is 0 Å². The second-order valence-corrected chi connectivity index (χ2v) is 4.17. The lowest BCUT2D eigenvalue weighted by Gasteiger charge is -1.91. The minimum atomic E-state index is 0.797. The summed E-state index contributed by atoms with van der Waals surface area (Å²) in [5.41, 5.74) is 3.31. The minimum Gasteiger partial charge on any atom is -0.249 e. The van der Waals surface area contributed by atoms with E-state index < -0.39 is 0 Å². The molecule has 1 fully saturated rings. The number of thiazole rings is 1. The average molecular weight is 153 g/mol. The Hall–Kier alpha value is -0.370. The Kier molecular flexibility index (Phi) is 1.31. The Balaban J connectivity index is 2.26. The number of hydrogen-bond donors (Lipinski definition) is 0. The van der Waals surface area contributed by atoms with Gasteiger partial charge in [-0.1, -0.05) is 6.92 Å². The average Bonchev–Trinajstić information content (AvgIpc) is 2.42. The molecule has 0 spiro atoms. The molecule has 10 heavy (non-hydrogen) atoms. The first-order valence-electron chi connectivity index (χ1n) is 3.69. The zero-order valence-electron chi connectivity index (χ0n) is 6.29. The molecule has 0 aliphatic heterocycles. The van der Waals surface area contributed by atoms with Gasteiger partial charge in [0, 0.05) is 10.8 Å².